The molecule has 7 heteroatoms. The summed E-state index contributed by atoms with van der Waals surface area (Å²) in [5.74, 6) is -0.319. The third kappa shape index (κ3) is 6.14. The maximum atomic E-state index is 12.0. The second-order valence-electron chi connectivity index (χ2n) is 4.49. The van der Waals surface area contributed by atoms with Crippen LogP contribution in [0.1, 0.15) is 22.3 Å². The largest absolute Gasteiger partial charge is 0.352 e. The fourth-order valence-electron chi connectivity index (χ4n) is 1.79. The fourth-order valence-corrected chi connectivity index (χ4v) is 2.34. The van der Waals surface area contributed by atoms with Crippen LogP contribution in [0.4, 0.5) is 0 Å². The first-order valence-corrected chi connectivity index (χ1v) is 8.17. The Morgan fingerprint density at radius 2 is 1.95 bits per heavy atom. The van der Waals surface area contributed by atoms with Gasteiger partial charge >= 0.3 is 0 Å². The average Bonchev–Trinajstić information content (AvgIpc) is 2.40. The number of hydrogen-bond donors (Lipinski definition) is 3. The molecule has 0 heterocycles. The number of nitrogens with one attached hydrogen (secondary N) is 2. The minimum atomic E-state index is -3.47. The van der Waals surface area contributed by atoms with Gasteiger partial charge in [-0.05, 0) is 38.1 Å². The molecule has 0 radical (unpaired) electrons. The summed E-state index contributed by atoms with van der Waals surface area (Å²) < 4.78 is 21.6. The Morgan fingerprint density at radius 1 is 1.25 bits per heavy atom. The maximum absolute atomic E-state index is 12.0. The molecular weight excluding hydrogens is 278 g/mol. The Labute approximate surface area is 119 Å². The van der Waals surface area contributed by atoms with Crippen molar-refractivity contribution >= 4 is 15.9 Å². The molecule has 0 atom stereocenters. The summed E-state index contributed by atoms with van der Waals surface area (Å²) in [5, 5.41) is 10.6. The summed E-state index contributed by atoms with van der Waals surface area (Å²) in [6.45, 7) is 1.07. The van der Waals surface area contributed by atoms with E-state index in [2.05, 4.69) is 10.6 Å². The van der Waals surface area contributed by atoms with Crippen molar-refractivity contribution in [2.24, 2.45) is 5.14 Å². The Morgan fingerprint density at radius 3 is 2.60 bits per heavy atom. The number of carbonyl (C=O) groups is 1. The van der Waals surface area contributed by atoms with Crippen LogP contribution in [-0.2, 0) is 16.4 Å². The zero-order valence-corrected chi connectivity index (χ0v) is 12.4. The van der Waals surface area contributed by atoms with Gasteiger partial charge in [0.1, 0.15) is 0 Å². The molecule has 1 amide bonds. The average molecular weight is 299 g/mol. The zero-order chi connectivity index (χ0) is 15.0. The molecule has 1 rings (SSSR count). The van der Waals surface area contributed by atoms with Gasteiger partial charge in [-0.1, -0.05) is 18.2 Å². The molecule has 0 saturated heterocycles. The molecule has 112 valence electrons. The van der Waals surface area contributed by atoms with E-state index in [0.717, 1.165) is 18.5 Å². The van der Waals surface area contributed by atoms with Crippen LogP contribution in [0.5, 0.6) is 0 Å². The van der Waals surface area contributed by atoms with Gasteiger partial charge in [-0.15, -0.1) is 0 Å². The Hall–Kier alpha value is -1.44. The third-order valence-corrected chi connectivity index (χ3v) is 3.66. The van der Waals surface area contributed by atoms with Gasteiger partial charge in [-0.25, -0.2) is 13.6 Å². The van der Waals surface area contributed by atoms with Gasteiger partial charge in [0.15, 0.2) is 0 Å². The zero-order valence-electron chi connectivity index (χ0n) is 11.6. The Bertz CT molecular complexity index is 544. The van der Waals surface area contributed by atoms with Gasteiger partial charge in [0.05, 0.1) is 5.75 Å². The van der Waals surface area contributed by atoms with E-state index in [1.807, 2.05) is 25.2 Å². The van der Waals surface area contributed by atoms with E-state index < -0.39 is 10.0 Å². The van der Waals surface area contributed by atoms with Crippen LogP contribution in [-0.4, -0.2) is 40.2 Å². The number of likely N-dealkylation sites (N-methyl/N-ethyl adjacent to an activating group) is 1. The summed E-state index contributed by atoms with van der Waals surface area (Å²) in [7, 11) is -1.61. The van der Waals surface area contributed by atoms with Crippen molar-refractivity contribution in [1.29, 1.82) is 0 Å². The Balaban J connectivity index is 2.54. The molecule has 6 nitrogen and oxygen atoms in total. The first-order valence-electron chi connectivity index (χ1n) is 6.45. The van der Waals surface area contributed by atoms with E-state index in [9.17, 15) is 13.2 Å². The molecule has 0 aromatic heterocycles. The summed E-state index contributed by atoms with van der Waals surface area (Å²) in [5.41, 5.74) is 1.59. The van der Waals surface area contributed by atoms with Gasteiger partial charge in [-0.3, -0.25) is 4.79 Å². The second-order valence-corrected chi connectivity index (χ2v) is 6.22. The highest BCUT2D eigenvalue weighted by Crippen LogP contribution is 2.09. The monoisotopic (exact) mass is 299 g/mol. The molecule has 1 aromatic rings. The van der Waals surface area contributed by atoms with E-state index in [0.29, 0.717) is 12.0 Å². The topological polar surface area (TPSA) is 101 Å². The summed E-state index contributed by atoms with van der Waals surface area (Å²) in [6, 6.07) is 7.38. The quantitative estimate of drug-likeness (QED) is 0.581. The first-order chi connectivity index (χ1) is 9.44. The van der Waals surface area contributed by atoms with Gasteiger partial charge in [0, 0.05) is 12.1 Å². The smallest absolute Gasteiger partial charge is 0.251 e. The molecular formula is C13H21N3O3S. The minimum absolute atomic E-state index is 0.130. The lowest BCUT2D eigenvalue weighted by atomic mass is 10.0. The van der Waals surface area contributed by atoms with E-state index >= 15 is 0 Å². The molecule has 0 aliphatic rings. The minimum Gasteiger partial charge on any atom is -0.352 e. The molecule has 20 heavy (non-hydrogen) atoms. The van der Waals surface area contributed by atoms with Crippen LogP contribution < -0.4 is 15.8 Å². The molecule has 0 saturated carbocycles. The number of benzene rings is 1. The van der Waals surface area contributed by atoms with Gasteiger partial charge in [0.25, 0.3) is 5.91 Å². The van der Waals surface area contributed by atoms with E-state index in [4.69, 9.17) is 5.14 Å². The SMILES string of the molecule is CNCCc1ccccc1C(=O)NCCCS(N)(=O)=O. The normalized spacial score (nSPS) is 11.3. The van der Waals surface area contributed by atoms with Crippen LogP contribution in [0.15, 0.2) is 24.3 Å². The summed E-state index contributed by atoms with van der Waals surface area (Å²) >= 11 is 0. The number of nitrogens with two attached hydrogens (primary N) is 1. The lowest BCUT2D eigenvalue weighted by molar-refractivity contribution is 0.0952. The van der Waals surface area contributed by atoms with Gasteiger partial charge < -0.3 is 10.6 Å². The predicted molar refractivity (Wildman–Crippen MR) is 79.0 cm³/mol. The van der Waals surface area contributed by atoms with Crippen LogP contribution in [0, 0.1) is 0 Å². The third-order valence-electron chi connectivity index (χ3n) is 2.80. The van der Waals surface area contributed by atoms with Crippen LogP contribution in [0.2, 0.25) is 0 Å². The first kappa shape index (κ1) is 16.6. The molecule has 0 aliphatic heterocycles. The molecule has 1 aromatic carbocycles. The lowest BCUT2D eigenvalue weighted by Crippen LogP contribution is -2.28. The molecule has 0 fully saturated rings. The molecule has 0 spiro atoms. The lowest BCUT2D eigenvalue weighted by Gasteiger charge is -2.10. The molecule has 0 bridgehead atoms. The number of primary sulfonamides is 1. The van der Waals surface area contributed by atoms with Crippen molar-refractivity contribution in [2.45, 2.75) is 12.8 Å². The van der Waals surface area contributed by atoms with Crippen molar-refractivity contribution in [3.8, 4) is 0 Å². The van der Waals surface area contributed by atoms with Crippen molar-refractivity contribution in [3.63, 3.8) is 0 Å². The Kier molecular flexibility index (Phi) is 6.63. The number of sulfonamides is 1. The number of amides is 1. The molecule has 0 unspecified atom stereocenters. The van der Waals surface area contributed by atoms with Crippen molar-refractivity contribution in [2.75, 3.05) is 25.9 Å². The van der Waals surface area contributed by atoms with Crippen LogP contribution in [0.3, 0.4) is 0 Å². The highest BCUT2D eigenvalue weighted by Gasteiger charge is 2.10. The fraction of sp³-hybridized carbons (Fsp3) is 0.462. The maximum Gasteiger partial charge on any atom is 0.251 e. The van der Waals surface area contributed by atoms with Crippen molar-refractivity contribution < 1.29 is 13.2 Å². The van der Waals surface area contributed by atoms with E-state index in [1.54, 1.807) is 6.07 Å². The number of carbonyl (C=O) groups excluding carboxylic acids is 1. The highest BCUT2D eigenvalue weighted by molar-refractivity contribution is 7.89. The van der Waals surface area contributed by atoms with E-state index in [-0.39, 0.29) is 18.2 Å². The predicted octanol–water partition coefficient (Wildman–Crippen LogP) is -0.143. The van der Waals surface area contributed by atoms with Crippen molar-refractivity contribution in [1.82, 2.24) is 10.6 Å². The molecule has 4 N–H and O–H groups in total. The van der Waals surface area contributed by atoms with Gasteiger partial charge in [-0.2, -0.15) is 0 Å². The van der Waals surface area contributed by atoms with Crippen LogP contribution >= 0.6 is 0 Å². The van der Waals surface area contributed by atoms with Crippen LogP contribution in [0.25, 0.3) is 0 Å². The standard InChI is InChI=1S/C13H21N3O3S/c1-15-9-7-11-5-2-3-6-12(11)13(17)16-8-4-10-20(14,18)19/h2-3,5-6,15H,4,7-10H2,1H3,(H,16,17)(H2,14,18,19). The van der Waals surface area contributed by atoms with E-state index in [1.165, 1.54) is 0 Å². The number of rotatable bonds is 8. The second kappa shape index (κ2) is 7.98. The summed E-state index contributed by atoms with van der Waals surface area (Å²) in [6.07, 6.45) is 1.07. The highest BCUT2D eigenvalue weighted by atomic mass is 32.2. The van der Waals surface area contributed by atoms with Gasteiger partial charge in [0.2, 0.25) is 10.0 Å². The molecule has 0 aliphatic carbocycles. The number of hydrogen-bond acceptors (Lipinski definition) is 4. The summed E-state index contributed by atoms with van der Waals surface area (Å²) in [4.78, 5) is 12.0. The van der Waals surface area contributed by atoms with Crippen molar-refractivity contribution in [3.05, 3.63) is 35.4 Å².